The maximum absolute atomic E-state index is 2.66. The topological polar surface area (TPSA) is 6.48 Å². The van der Waals surface area contributed by atoms with Gasteiger partial charge in [-0.2, -0.15) is 0 Å². The molecule has 0 saturated heterocycles. The van der Waals surface area contributed by atoms with Gasteiger partial charge in [0.25, 0.3) is 0 Å². The van der Waals surface area contributed by atoms with E-state index in [1.165, 1.54) is 178 Å². The van der Waals surface area contributed by atoms with Crippen LogP contribution in [0.15, 0.2) is 243 Å². The van der Waals surface area contributed by atoms with Gasteiger partial charge in [-0.1, -0.05) is 140 Å². The predicted molar refractivity (Wildman–Crippen MR) is 382 cm³/mol. The van der Waals surface area contributed by atoms with E-state index in [1.54, 1.807) is 0 Å². The maximum atomic E-state index is 2.66. The molecular formula is C88H76N2. The highest BCUT2D eigenvalue weighted by atomic mass is 15.1. The van der Waals surface area contributed by atoms with Gasteiger partial charge in [0.05, 0.1) is 10.8 Å². The smallest absolute Gasteiger partial charge is 0.0713 e. The summed E-state index contributed by atoms with van der Waals surface area (Å²) in [5.41, 5.74) is 36.4. The minimum absolute atomic E-state index is 0.696. The number of benzene rings is 13. The summed E-state index contributed by atoms with van der Waals surface area (Å²) >= 11 is 0. The van der Waals surface area contributed by atoms with Crippen LogP contribution in [0.25, 0.3) is 43.8 Å². The van der Waals surface area contributed by atoms with Crippen molar-refractivity contribution >= 4 is 55.7 Å². The number of hydrogen-bond donors (Lipinski definition) is 0. The molecule has 0 unspecified atom stereocenters. The SMILES string of the molecule is Cc1cc(N(c2cc(C)c(C)c(C)c2)c2ccc3cc4c(cc3c2)C(c2ccccc2)(c2ccccc2)c2cc3c(cc2-4)-c2cc4ccc(N(c5cc(C)c(C)c(C)c5)c5cc(C)c(C)c(C)c5)cc4cc2C3(c2ccccc2)c2ccccc2)cc(C)c1C. The van der Waals surface area contributed by atoms with Gasteiger partial charge >= 0.3 is 0 Å². The van der Waals surface area contributed by atoms with Crippen LogP contribution in [0, 0.1) is 83.1 Å². The van der Waals surface area contributed by atoms with Crippen molar-refractivity contribution in [2.45, 2.75) is 93.9 Å². The van der Waals surface area contributed by atoms with E-state index in [9.17, 15) is 0 Å². The normalized spacial score (nSPS) is 13.3. The molecule has 0 saturated carbocycles. The Morgan fingerprint density at radius 1 is 0.200 bits per heavy atom. The van der Waals surface area contributed by atoms with E-state index >= 15 is 0 Å². The lowest BCUT2D eigenvalue weighted by atomic mass is 9.64. The molecule has 13 aromatic rings. The quantitative estimate of drug-likeness (QED) is 0.135. The zero-order valence-electron chi connectivity index (χ0n) is 54.0. The van der Waals surface area contributed by atoms with Crippen LogP contribution in [0.3, 0.4) is 0 Å². The van der Waals surface area contributed by atoms with Crippen LogP contribution >= 0.6 is 0 Å². The average Bonchev–Trinajstić information content (AvgIpc) is 1.50. The highest BCUT2D eigenvalue weighted by Gasteiger charge is 2.52. The molecule has 0 atom stereocenters. The number of nitrogens with zero attached hydrogens (tertiary/aromatic N) is 2. The average molecular weight is 1160 g/mol. The van der Waals surface area contributed by atoms with E-state index in [4.69, 9.17) is 0 Å². The van der Waals surface area contributed by atoms with Crippen LogP contribution in [0.1, 0.15) is 111 Å². The summed E-state index contributed by atoms with van der Waals surface area (Å²) in [7, 11) is 0. The second-order valence-corrected chi connectivity index (χ2v) is 26.3. The van der Waals surface area contributed by atoms with Crippen LogP contribution in [-0.4, -0.2) is 0 Å². The largest absolute Gasteiger partial charge is 0.310 e. The molecule has 0 heterocycles. The van der Waals surface area contributed by atoms with Crippen molar-refractivity contribution in [3.8, 4) is 22.3 Å². The van der Waals surface area contributed by atoms with Crippen molar-refractivity contribution < 1.29 is 0 Å². The van der Waals surface area contributed by atoms with Crippen LogP contribution in [0.5, 0.6) is 0 Å². The predicted octanol–water partition coefficient (Wildman–Crippen LogP) is 23.4. The zero-order chi connectivity index (χ0) is 62.1. The summed E-state index contributed by atoms with van der Waals surface area (Å²) in [6.45, 7) is 26.9. The lowest BCUT2D eigenvalue weighted by Gasteiger charge is -2.37. The monoisotopic (exact) mass is 1160 g/mol. The first kappa shape index (κ1) is 56.5. The summed E-state index contributed by atoms with van der Waals surface area (Å²) in [6.07, 6.45) is 0. The van der Waals surface area contributed by atoms with Crippen LogP contribution in [0.4, 0.5) is 34.1 Å². The number of hydrogen-bond acceptors (Lipinski definition) is 2. The van der Waals surface area contributed by atoms with Gasteiger partial charge in [-0.25, -0.2) is 0 Å². The van der Waals surface area contributed by atoms with Crippen molar-refractivity contribution in [3.05, 3.63) is 354 Å². The van der Waals surface area contributed by atoms with Gasteiger partial charge in [-0.3, -0.25) is 0 Å². The third kappa shape index (κ3) is 8.59. The van der Waals surface area contributed by atoms with Gasteiger partial charge in [0.2, 0.25) is 0 Å². The fraction of sp³-hybridized carbons (Fsp3) is 0.159. The van der Waals surface area contributed by atoms with Crippen molar-refractivity contribution in [3.63, 3.8) is 0 Å². The Bertz CT molecular complexity index is 4470. The third-order valence-corrected chi connectivity index (χ3v) is 21.3. The number of rotatable bonds is 10. The van der Waals surface area contributed by atoms with E-state index in [1.807, 2.05) is 0 Å². The highest BCUT2D eigenvalue weighted by molar-refractivity contribution is 6.03. The Labute approximate surface area is 532 Å². The van der Waals surface area contributed by atoms with Gasteiger partial charge in [0.1, 0.15) is 0 Å². The van der Waals surface area contributed by atoms with Gasteiger partial charge in [-0.15, -0.1) is 0 Å². The molecule has 2 aliphatic rings. The Hall–Kier alpha value is -10.0. The molecule has 2 aliphatic carbocycles. The first-order valence-corrected chi connectivity index (χ1v) is 32.0. The fourth-order valence-corrected chi connectivity index (χ4v) is 15.7. The summed E-state index contributed by atoms with van der Waals surface area (Å²) in [5.74, 6) is 0. The standard InChI is InChI=1S/C88H76N2/c1-53-37-75(38-54(2)61(53)9)89(76-39-55(3)62(10)56(4)40-76)73-35-33-65-47-79-81-51-82-80-48-66-34-36-74(90(77-41-57(5)63(11)58(6)42-77)78-43-59(7)64(12)60(8)44-78)46-68(66)50-84(80)88(71-29-21-15-22-30-71,72-31-23-16-24-32-72)86(82)52-85(81)87(69-25-17-13-18-26-69,70-27-19-14-20-28-70)83(79)49-67(65)45-73/h13-52H,1-12H3. The van der Waals surface area contributed by atoms with E-state index < -0.39 is 10.8 Å². The van der Waals surface area contributed by atoms with Crippen molar-refractivity contribution in [1.29, 1.82) is 0 Å². The summed E-state index contributed by atoms with van der Waals surface area (Å²) < 4.78 is 0. The Morgan fingerprint density at radius 2 is 0.444 bits per heavy atom. The zero-order valence-corrected chi connectivity index (χ0v) is 54.0. The van der Waals surface area contributed by atoms with Crippen LogP contribution in [-0.2, 0) is 10.8 Å². The van der Waals surface area contributed by atoms with Gasteiger partial charge in [-0.05, 0) is 341 Å². The number of fused-ring (bicyclic) bond motifs is 8. The van der Waals surface area contributed by atoms with E-state index in [-0.39, 0.29) is 0 Å². The second-order valence-electron chi connectivity index (χ2n) is 26.3. The Morgan fingerprint density at radius 3 is 0.711 bits per heavy atom. The molecule has 0 N–H and O–H groups in total. The molecule has 0 amide bonds. The van der Waals surface area contributed by atoms with E-state index in [0.29, 0.717) is 0 Å². The summed E-state index contributed by atoms with van der Waals surface area (Å²) in [6, 6.07) is 94.1. The fourth-order valence-electron chi connectivity index (χ4n) is 15.7. The molecule has 0 bridgehead atoms. The Kier molecular flexibility index (Phi) is 13.4. The third-order valence-electron chi connectivity index (χ3n) is 21.3. The lowest BCUT2D eigenvalue weighted by molar-refractivity contribution is 0.745. The molecule has 13 aromatic carbocycles. The molecule has 0 radical (unpaired) electrons. The Balaban J connectivity index is 1.01. The van der Waals surface area contributed by atoms with Gasteiger partial charge in [0.15, 0.2) is 0 Å². The molecule has 90 heavy (non-hydrogen) atoms. The van der Waals surface area contributed by atoms with E-state index in [2.05, 4.69) is 336 Å². The maximum Gasteiger partial charge on any atom is 0.0713 e. The van der Waals surface area contributed by atoms with Crippen LogP contribution in [0.2, 0.25) is 0 Å². The molecular weight excluding hydrogens is 1080 g/mol. The van der Waals surface area contributed by atoms with Gasteiger partial charge in [0, 0.05) is 34.1 Å². The van der Waals surface area contributed by atoms with Gasteiger partial charge < -0.3 is 9.80 Å². The molecule has 0 spiro atoms. The minimum atomic E-state index is -0.696. The minimum Gasteiger partial charge on any atom is -0.310 e. The molecule has 15 rings (SSSR count). The lowest BCUT2D eigenvalue weighted by Crippen LogP contribution is -2.31. The first-order chi connectivity index (χ1) is 43.5. The molecule has 438 valence electrons. The van der Waals surface area contributed by atoms with E-state index in [0.717, 1.165) is 11.4 Å². The van der Waals surface area contributed by atoms with Crippen molar-refractivity contribution in [2.75, 3.05) is 9.80 Å². The van der Waals surface area contributed by atoms with Crippen molar-refractivity contribution in [2.24, 2.45) is 0 Å². The highest BCUT2D eigenvalue weighted by Crippen LogP contribution is 2.64. The number of anilines is 6. The molecule has 0 aliphatic heterocycles. The number of aryl methyl sites for hydroxylation is 8. The summed E-state index contributed by atoms with van der Waals surface area (Å²) in [4.78, 5) is 4.96. The first-order valence-electron chi connectivity index (χ1n) is 32.0. The molecule has 0 aromatic heterocycles. The molecule has 0 fully saturated rings. The summed E-state index contributed by atoms with van der Waals surface area (Å²) in [5, 5.41) is 4.82. The molecule has 2 nitrogen and oxygen atoms in total. The van der Waals surface area contributed by atoms with Crippen LogP contribution < -0.4 is 9.80 Å². The molecule has 2 heteroatoms. The van der Waals surface area contributed by atoms with Crippen molar-refractivity contribution in [1.82, 2.24) is 0 Å². The second kappa shape index (κ2) is 21.4.